The largest absolute Gasteiger partial charge is 0.341 e. The third kappa shape index (κ3) is 2.63. The molecule has 0 bridgehead atoms. The first-order valence-electron chi connectivity index (χ1n) is 6.69. The van der Waals surface area contributed by atoms with Crippen molar-refractivity contribution in [3.05, 3.63) is 0 Å². The summed E-state index contributed by atoms with van der Waals surface area (Å²) in [6.07, 6.45) is 3.26. The molecule has 0 radical (unpaired) electrons. The zero-order chi connectivity index (χ0) is 12.5. The maximum absolute atomic E-state index is 12.6. The van der Waals surface area contributed by atoms with E-state index in [1.807, 2.05) is 0 Å². The molecular formula is C13H25N3O. The minimum atomic E-state index is -0.167. The van der Waals surface area contributed by atoms with Crippen molar-refractivity contribution in [1.29, 1.82) is 0 Å². The third-order valence-electron chi connectivity index (χ3n) is 4.29. The fourth-order valence-corrected chi connectivity index (χ4v) is 2.97. The molecule has 2 unspecified atom stereocenters. The molecule has 2 rings (SSSR count). The van der Waals surface area contributed by atoms with E-state index in [4.69, 9.17) is 0 Å². The minimum absolute atomic E-state index is 0.167. The first-order chi connectivity index (χ1) is 8.03. The summed E-state index contributed by atoms with van der Waals surface area (Å²) in [5.41, 5.74) is -0.167. The van der Waals surface area contributed by atoms with E-state index in [9.17, 15) is 4.79 Å². The van der Waals surface area contributed by atoms with E-state index in [0.29, 0.717) is 11.9 Å². The summed E-state index contributed by atoms with van der Waals surface area (Å²) in [5, 5.41) is 3.36. The molecule has 17 heavy (non-hydrogen) atoms. The van der Waals surface area contributed by atoms with Crippen molar-refractivity contribution in [3.8, 4) is 0 Å². The molecule has 4 nitrogen and oxygen atoms in total. The minimum Gasteiger partial charge on any atom is -0.341 e. The Labute approximate surface area is 104 Å². The van der Waals surface area contributed by atoms with Gasteiger partial charge in [-0.25, -0.2) is 0 Å². The van der Waals surface area contributed by atoms with Crippen LogP contribution < -0.4 is 5.32 Å². The molecule has 0 aromatic heterocycles. The van der Waals surface area contributed by atoms with E-state index in [1.165, 1.54) is 0 Å². The van der Waals surface area contributed by atoms with E-state index in [1.54, 1.807) is 0 Å². The summed E-state index contributed by atoms with van der Waals surface area (Å²) in [6.45, 7) is 5.85. The quantitative estimate of drug-likeness (QED) is 0.764. The van der Waals surface area contributed by atoms with E-state index in [0.717, 1.165) is 45.4 Å². The van der Waals surface area contributed by atoms with Gasteiger partial charge in [0.1, 0.15) is 0 Å². The Morgan fingerprint density at radius 3 is 2.76 bits per heavy atom. The van der Waals surface area contributed by atoms with Gasteiger partial charge in [0.2, 0.25) is 5.91 Å². The maximum Gasteiger partial charge on any atom is 0.229 e. The van der Waals surface area contributed by atoms with Crippen LogP contribution in [0.2, 0.25) is 0 Å². The normalized spacial score (nSPS) is 34.4. The van der Waals surface area contributed by atoms with Crippen LogP contribution in [0, 0.1) is 5.41 Å². The zero-order valence-electron chi connectivity index (χ0n) is 11.3. The molecule has 0 saturated carbocycles. The van der Waals surface area contributed by atoms with Crippen LogP contribution >= 0.6 is 0 Å². The Balaban J connectivity index is 1.96. The van der Waals surface area contributed by atoms with Gasteiger partial charge in [-0.2, -0.15) is 0 Å². The standard InChI is InChI=1S/C13H25N3O/c1-13(6-4-7-14-10-13)12(17)16-8-5-11(9-16)15(2)3/h11,14H,4-10H2,1-3H3. The van der Waals surface area contributed by atoms with Gasteiger partial charge in [0.05, 0.1) is 5.41 Å². The monoisotopic (exact) mass is 239 g/mol. The van der Waals surface area contributed by atoms with Gasteiger partial charge in [0, 0.05) is 25.7 Å². The molecule has 2 saturated heterocycles. The highest BCUT2D eigenvalue weighted by atomic mass is 16.2. The number of nitrogens with zero attached hydrogens (tertiary/aromatic N) is 2. The summed E-state index contributed by atoms with van der Waals surface area (Å²) in [5.74, 6) is 0.356. The predicted molar refractivity (Wildman–Crippen MR) is 68.9 cm³/mol. The Morgan fingerprint density at radius 1 is 1.47 bits per heavy atom. The SMILES string of the molecule is CN(C)C1CCN(C(=O)C2(C)CCCNC2)C1. The second-order valence-corrected chi connectivity index (χ2v) is 6.00. The molecule has 0 aromatic carbocycles. The molecule has 2 aliphatic rings. The lowest BCUT2D eigenvalue weighted by Crippen LogP contribution is -2.50. The average molecular weight is 239 g/mol. The Bertz CT molecular complexity index is 284. The first kappa shape index (κ1) is 12.8. The Hall–Kier alpha value is -0.610. The Morgan fingerprint density at radius 2 is 2.24 bits per heavy atom. The number of piperidine rings is 1. The number of carbonyl (C=O) groups is 1. The summed E-state index contributed by atoms with van der Waals surface area (Å²) < 4.78 is 0. The fourth-order valence-electron chi connectivity index (χ4n) is 2.97. The van der Waals surface area contributed by atoms with Crippen molar-refractivity contribution in [1.82, 2.24) is 15.1 Å². The fraction of sp³-hybridized carbons (Fsp3) is 0.923. The molecule has 2 fully saturated rings. The van der Waals surface area contributed by atoms with Gasteiger partial charge in [0.15, 0.2) is 0 Å². The van der Waals surface area contributed by atoms with E-state index < -0.39 is 0 Å². The highest BCUT2D eigenvalue weighted by Gasteiger charge is 2.40. The smallest absolute Gasteiger partial charge is 0.229 e. The van der Waals surface area contributed by atoms with Gasteiger partial charge in [0.25, 0.3) is 0 Å². The second-order valence-electron chi connectivity index (χ2n) is 6.00. The highest BCUT2D eigenvalue weighted by Crippen LogP contribution is 2.29. The first-order valence-corrected chi connectivity index (χ1v) is 6.69. The number of rotatable bonds is 2. The topological polar surface area (TPSA) is 35.6 Å². The van der Waals surface area contributed by atoms with Gasteiger partial charge in [-0.15, -0.1) is 0 Å². The van der Waals surface area contributed by atoms with Crippen molar-refractivity contribution >= 4 is 5.91 Å². The van der Waals surface area contributed by atoms with Gasteiger partial charge in [-0.3, -0.25) is 4.79 Å². The van der Waals surface area contributed by atoms with Crippen molar-refractivity contribution in [3.63, 3.8) is 0 Å². The average Bonchev–Trinajstić information content (AvgIpc) is 2.78. The van der Waals surface area contributed by atoms with Crippen molar-refractivity contribution in [2.24, 2.45) is 5.41 Å². The molecule has 0 aliphatic carbocycles. The van der Waals surface area contributed by atoms with Gasteiger partial charge >= 0.3 is 0 Å². The number of hydrogen-bond acceptors (Lipinski definition) is 3. The molecule has 1 N–H and O–H groups in total. The molecule has 4 heteroatoms. The van der Waals surface area contributed by atoms with E-state index in [-0.39, 0.29) is 5.41 Å². The molecule has 2 atom stereocenters. The van der Waals surface area contributed by atoms with Gasteiger partial charge in [-0.05, 0) is 46.8 Å². The number of carbonyl (C=O) groups excluding carboxylic acids is 1. The summed E-state index contributed by atoms with van der Waals surface area (Å²) in [6, 6.07) is 0.541. The highest BCUT2D eigenvalue weighted by molar-refractivity contribution is 5.83. The second kappa shape index (κ2) is 4.94. The predicted octanol–water partition coefficient (Wildman–Crippen LogP) is 0.539. The van der Waals surface area contributed by atoms with E-state index >= 15 is 0 Å². The van der Waals surface area contributed by atoms with Crippen LogP contribution in [0.25, 0.3) is 0 Å². The van der Waals surface area contributed by atoms with Gasteiger partial charge < -0.3 is 15.1 Å². The van der Waals surface area contributed by atoms with Crippen LogP contribution in [-0.4, -0.2) is 62.0 Å². The molecule has 0 aromatic rings. The van der Waals surface area contributed by atoms with Crippen LogP contribution in [0.4, 0.5) is 0 Å². The lowest BCUT2D eigenvalue weighted by molar-refractivity contribution is -0.141. The number of hydrogen-bond donors (Lipinski definition) is 1. The lowest BCUT2D eigenvalue weighted by atomic mass is 9.81. The summed E-state index contributed by atoms with van der Waals surface area (Å²) in [7, 11) is 4.20. The summed E-state index contributed by atoms with van der Waals surface area (Å²) >= 11 is 0. The van der Waals surface area contributed by atoms with Crippen LogP contribution in [0.5, 0.6) is 0 Å². The van der Waals surface area contributed by atoms with Crippen LogP contribution in [0.3, 0.4) is 0 Å². The number of likely N-dealkylation sites (N-methyl/N-ethyl adjacent to an activating group) is 1. The van der Waals surface area contributed by atoms with Crippen molar-refractivity contribution in [2.45, 2.75) is 32.2 Å². The molecule has 0 spiro atoms. The number of nitrogens with one attached hydrogen (secondary N) is 1. The lowest BCUT2D eigenvalue weighted by Gasteiger charge is -2.36. The third-order valence-corrected chi connectivity index (χ3v) is 4.29. The van der Waals surface area contributed by atoms with Gasteiger partial charge in [-0.1, -0.05) is 0 Å². The maximum atomic E-state index is 12.6. The molecule has 2 aliphatic heterocycles. The van der Waals surface area contributed by atoms with Crippen molar-refractivity contribution < 1.29 is 4.79 Å². The van der Waals surface area contributed by atoms with Crippen LogP contribution in [-0.2, 0) is 4.79 Å². The molecule has 1 amide bonds. The molecule has 2 heterocycles. The number of likely N-dealkylation sites (tertiary alicyclic amines) is 1. The Kier molecular flexibility index (Phi) is 3.73. The van der Waals surface area contributed by atoms with E-state index in [2.05, 4.69) is 36.1 Å². The molecular weight excluding hydrogens is 214 g/mol. The zero-order valence-corrected chi connectivity index (χ0v) is 11.3. The van der Waals surface area contributed by atoms with Crippen LogP contribution in [0.1, 0.15) is 26.2 Å². The number of amides is 1. The van der Waals surface area contributed by atoms with Crippen molar-refractivity contribution in [2.75, 3.05) is 40.3 Å². The molecule has 98 valence electrons. The summed E-state index contributed by atoms with van der Waals surface area (Å²) in [4.78, 5) is 16.9. The van der Waals surface area contributed by atoms with Crippen LogP contribution in [0.15, 0.2) is 0 Å².